The molecule has 0 amide bonds. The van der Waals surface area contributed by atoms with E-state index in [-0.39, 0.29) is 29.5 Å². The Hall–Kier alpha value is -0.630. The SMILES string of the molecule is CCC(N)C(N)C(C)(C)C(C)C(C#N)NC. The zero-order chi connectivity index (χ0) is 12.9. The first kappa shape index (κ1) is 15.4. The lowest BCUT2D eigenvalue weighted by molar-refractivity contribution is 0.141. The monoisotopic (exact) mass is 226 g/mol. The van der Waals surface area contributed by atoms with Crippen molar-refractivity contribution < 1.29 is 0 Å². The molecule has 0 heterocycles. The molecule has 4 nitrogen and oxygen atoms in total. The van der Waals surface area contributed by atoms with E-state index >= 15 is 0 Å². The molecule has 0 aromatic rings. The largest absolute Gasteiger partial charge is 0.326 e. The second kappa shape index (κ2) is 6.19. The molecule has 5 N–H and O–H groups in total. The number of nitrogens with zero attached hydrogens (tertiary/aromatic N) is 1. The number of hydrogen-bond donors (Lipinski definition) is 3. The minimum atomic E-state index is -0.190. The van der Waals surface area contributed by atoms with Crippen LogP contribution in [0.25, 0.3) is 0 Å². The number of nitrogens with two attached hydrogens (primary N) is 2. The first-order valence-corrected chi connectivity index (χ1v) is 5.90. The maximum atomic E-state index is 9.05. The molecule has 0 radical (unpaired) electrons. The Kier molecular flexibility index (Phi) is 5.95. The van der Waals surface area contributed by atoms with Gasteiger partial charge in [0.25, 0.3) is 0 Å². The van der Waals surface area contributed by atoms with Crippen molar-refractivity contribution in [1.82, 2.24) is 5.32 Å². The molecular formula is C12H26N4. The fraction of sp³-hybridized carbons (Fsp3) is 0.917. The van der Waals surface area contributed by atoms with Gasteiger partial charge >= 0.3 is 0 Å². The Bertz CT molecular complexity index is 244. The van der Waals surface area contributed by atoms with Crippen molar-refractivity contribution >= 4 is 0 Å². The van der Waals surface area contributed by atoms with Crippen LogP contribution >= 0.6 is 0 Å². The van der Waals surface area contributed by atoms with E-state index in [0.29, 0.717) is 0 Å². The van der Waals surface area contributed by atoms with Crippen LogP contribution in [-0.2, 0) is 0 Å². The van der Waals surface area contributed by atoms with E-state index in [2.05, 4.69) is 25.2 Å². The first-order chi connectivity index (χ1) is 7.32. The predicted octanol–water partition coefficient (Wildman–Crippen LogP) is 0.825. The Labute approximate surface area is 99.4 Å². The minimum absolute atomic E-state index is 0.0198. The molecule has 94 valence electrons. The van der Waals surface area contributed by atoms with Gasteiger partial charge in [-0.05, 0) is 24.8 Å². The summed E-state index contributed by atoms with van der Waals surface area (Å²) in [6.45, 7) is 8.25. The highest BCUT2D eigenvalue weighted by atomic mass is 14.9. The van der Waals surface area contributed by atoms with E-state index < -0.39 is 0 Å². The molecule has 0 aromatic heterocycles. The summed E-state index contributed by atoms with van der Waals surface area (Å²) in [6, 6.07) is 1.95. The summed E-state index contributed by atoms with van der Waals surface area (Å²) in [6.07, 6.45) is 0.855. The van der Waals surface area contributed by atoms with Gasteiger partial charge in [-0.2, -0.15) is 5.26 Å². The number of nitriles is 1. The van der Waals surface area contributed by atoms with E-state index in [1.807, 2.05) is 13.8 Å². The van der Waals surface area contributed by atoms with Gasteiger partial charge in [0.15, 0.2) is 0 Å². The Morgan fingerprint density at radius 1 is 1.38 bits per heavy atom. The summed E-state index contributed by atoms with van der Waals surface area (Å²) in [5.74, 6) is 0.148. The third-order valence-electron chi connectivity index (χ3n) is 3.92. The van der Waals surface area contributed by atoms with Gasteiger partial charge in [0, 0.05) is 12.1 Å². The van der Waals surface area contributed by atoms with E-state index in [4.69, 9.17) is 16.7 Å². The predicted molar refractivity (Wildman–Crippen MR) is 67.6 cm³/mol. The zero-order valence-electron chi connectivity index (χ0n) is 11.1. The third kappa shape index (κ3) is 3.18. The van der Waals surface area contributed by atoms with Crippen LogP contribution in [0, 0.1) is 22.7 Å². The van der Waals surface area contributed by atoms with Crippen LogP contribution in [0.1, 0.15) is 34.1 Å². The summed E-state index contributed by atoms with van der Waals surface area (Å²) < 4.78 is 0. The van der Waals surface area contributed by atoms with E-state index in [1.165, 1.54) is 0 Å². The minimum Gasteiger partial charge on any atom is -0.326 e. The third-order valence-corrected chi connectivity index (χ3v) is 3.92. The summed E-state index contributed by atoms with van der Waals surface area (Å²) in [7, 11) is 1.80. The number of nitrogens with one attached hydrogen (secondary N) is 1. The van der Waals surface area contributed by atoms with Gasteiger partial charge in [-0.3, -0.25) is 0 Å². The summed E-state index contributed by atoms with van der Waals surface area (Å²) >= 11 is 0. The lowest BCUT2D eigenvalue weighted by Gasteiger charge is -2.41. The van der Waals surface area contributed by atoms with Gasteiger partial charge in [0.2, 0.25) is 0 Å². The lowest BCUT2D eigenvalue weighted by Crippen LogP contribution is -2.56. The average molecular weight is 226 g/mol. The molecule has 4 unspecified atom stereocenters. The fourth-order valence-corrected chi connectivity index (χ4v) is 1.97. The van der Waals surface area contributed by atoms with E-state index in [1.54, 1.807) is 7.05 Å². The highest BCUT2D eigenvalue weighted by Crippen LogP contribution is 2.33. The van der Waals surface area contributed by atoms with Crippen LogP contribution in [0.2, 0.25) is 0 Å². The highest BCUT2D eigenvalue weighted by molar-refractivity contribution is 5.02. The van der Waals surface area contributed by atoms with Gasteiger partial charge < -0.3 is 16.8 Å². The summed E-state index contributed by atoms with van der Waals surface area (Å²) in [5.41, 5.74) is 12.0. The van der Waals surface area contributed by atoms with Crippen LogP contribution in [-0.4, -0.2) is 25.2 Å². The van der Waals surface area contributed by atoms with E-state index in [0.717, 1.165) is 6.42 Å². The van der Waals surface area contributed by atoms with Crippen molar-refractivity contribution in [3.05, 3.63) is 0 Å². The van der Waals surface area contributed by atoms with Gasteiger partial charge in [0.1, 0.15) is 0 Å². The second-order valence-electron chi connectivity index (χ2n) is 5.10. The molecule has 0 spiro atoms. The lowest BCUT2D eigenvalue weighted by atomic mass is 9.69. The zero-order valence-corrected chi connectivity index (χ0v) is 11.1. The van der Waals surface area contributed by atoms with E-state index in [9.17, 15) is 0 Å². The van der Waals surface area contributed by atoms with Gasteiger partial charge in [-0.25, -0.2) is 0 Å². The summed E-state index contributed by atoms with van der Waals surface area (Å²) in [5, 5.41) is 12.1. The quantitative estimate of drug-likeness (QED) is 0.626. The van der Waals surface area contributed by atoms with Crippen molar-refractivity contribution in [1.29, 1.82) is 5.26 Å². The molecular weight excluding hydrogens is 200 g/mol. The van der Waals surface area contributed by atoms with Crippen LogP contribution in [0.3, 0.4) is 0 Å². The Morgan fingerprint density at radius 2 is 1.88 bits per heavy atom. The normalized spacial score (nSPS) is 19.6. The molecule has 0 saturated heterocycles. The van der Waals surface area contributed by atoms with Crippen molar-refractivity contribution in [3.8, 4) is 6.07 Å². The second-order valence-corrected chi connectivity index (χ2v) is 5.10. The van der Waals surface area contributed by atoms with Gasteiger partial charge in [-0.15, -0.1) is 0 Å². The van der Waals surface area contributed by atoms with Crippen LogP contribution in [0.15, 0.2) is 0 Å². The molecule has 0 aliphatic rings. The molecule has 16 heavy (non-hydrogen) atoms. The first-order valence-electron chi connectivity index (χ1n) is 5.90. The van der Waals surface area contributed by atoms with Gasteiger partial charge in [0.05, 0.1) is 12.1 Å². The molecule has 4 heteroatoms. The van der Waals surface area contributed by atoms with Crippen molar-refractivity contribution in [2.75, 3.05) is 7.05 Å². The highest BCUT2D eigenvalue weighted by Gasteiger charge is 2.38. The fourth-order valence-electron chi connectivity index (χ4n) is 1.97. The Balaban J connectivity index is 4.83. The molecule has 0 saturated carbocycles. The van der Waals surface area contributed by atoms with Crippen LogP contribution < -0.4 is 16.8 Å². The average Bonchev–Trinajstić information content (AvgIpc) is 2.28. The molecule has 0 bridgehead atoms. The van der Waals surface area contributed by atoms with Crippen molar-refractivity contribution in [3.63, 3.8) is 0 Å². The molecule has 0 rings (SSSR count). The maximum Gasteiger partial charge on any atom is 0.0982 e. The maximum absolute atomic E-state index is 9.05. The molecule has 0 aromatic carbocycles. The molecule has 4 atom stereocenters. The number of rotatable bonds is 6. The molecule has 0 aliphatic heterocycles. The number of hydrogen-bond acceptors (Lipinski definition) is 4. The summed E-state index contributed by atoms with van der Waals surface area (Å²) in [4.78, 5) is 0. The Morgan fingerprint density at radius 3 is 2.19 bits per heavy atom. The van der Waals surface area contributed by atoms with Gasteiger partial charge in [-0.1, -0.05) is 27.7 Å². The molecule has 0 aliphatic carbocycles. The standard InChI is InChI=1S/C12H26N4/c1-6-9(14)11(15)12(3,4)8(2)10(7-13)16-5/h8-11,16H,6,14-15H2,1-5H3. The van der Waals surface area contributed by atoms with Crippen LogP contribution in [0.5, 0.6) is 0 Å². The smallest absolute Gasteiger partial charge is 0.0982 e. The molecule has 0 fully saturated rings. The van der Waals surface area contributed by atoms with Crippen LogP contribution in [0.4, 0.5) is 0 Å². The topological polar surface area (TPSA) is 87.9 Å². The van der Waals surface area contributed by atoms with Crippen molar-refractivity contribution in [2.45, 2.75) is 52.2 Å². The van der Waals surface area contributed by atoms with Crippen molar-refractivity contribution in [2.24, 2.45) is 22.8 Å².